The molecular formula is C11H16Cl3NO. The van der Waals surface area contributed by atoms with Crippen molar-refractivity contribution in [1.82, 2.24) is 5.32 Å². The van der Waals surface area contributed by atoms with Gasteiger partial charge in [-0.05, 0) is 19.3 Å². The van der Waals surface area contributed by atoms with Crippen molar-refractivity contribution < 1.29 is 4.79 Å². The van der Waals surface area contributed by atoms with E-state index in [2.05, 4.69) is 24.4 Å². The fraction of sp³-hybridized carbons (Fsp3) is 0.545. The Kier molecular flexibility index (Phi) is 8.81. The third-order valence-electron chi connectivity index (χ3n) is 1.71. The van der Waals surface area contributed by atoms with Crippen LogP contribution in [0.1, 0.15) is 26.2 Å². The molecule has 1 amide bonds. The first-order chi connectivity index (χ1) is 7.48. The summed E-state index contributed by atoms with van der Waals surface area (Å²) >= 11 is 16.1. The van der Waals surface area contributed by atoms with Crippen LogP contribution < -0.4 is 5.32 Å². The average Bonchev–Trinajstić information content (AvgIpc) is 2.20. The zero-order valence-corrected chi connectivity index (χ0v) is 11.4. The van der Waals surface area contributed by atoms with Crippen LogP contribution in [0.5, 0.6) is 0 Å². The minimum atomic E-state index is -1.88. The summed E-state index contributed by atoms with van der Waals surface area (Å²) in [6.45, 7) is 2.48. The van der Waals surface area contributed by atoms with E-state index in [1.54, 1.807) is 0 Å². The van der Waals surface area contributed by atoms with E-state index in [1.165, 1.54) is 0 Å². The van der Waals surface area contributed by atoms with Crippen LogP contribution in [0.3, 0.4) is 0 Å². The normalized spacial score (nSPS) is 12.5. The van der Waals surface area contributed by atoms with E-state index in [1.807, 2.05) is 12.2 Å². The first kappa shape index (κ1) is 15.8. The van der Waals surface area contributed by atoms with Crippen LogP contribution >= 0.6 is 34.8 Å². The zero-order chi connectivity index (χ0) is 12.4. The first-order valence-corrected chi connectivity index (χ1v) is 6.27. The number of allylic oxidation sites excluding steroid dienone is 3. The Hall–Kier alpha value is -0.180. The minimum Gasteiger partial charge on any atom is -0.349 e. The Labute approximate surface area is 112 Å². The molecule has 0 heterocycles. The highest BCUT2D eigenvalue weighted by Crippen LogP contribution is 2.25. The molecule has 0 aromatic heterocycles. The van der Waals surface area contributed by atoms with Gasteiger partial charge in [-0.15, -0.1) is 0 Å². The minimum absolute atomic E-state index is 0.379. The van der Waals surface area contributed by atoms with Crippen LogP contribution in [0.2, 0.25) is 0 Å². The molecule has 0 saturated carbocycles. The molecule has 2 nitrogen and oxygen atoms in total. The fourth-order valence-electron chi connectivity index (χ4n) is 0.930. The number of alkyl halides is 3. The van der Waals surface area contributed by atoms with Crippen molar-refractivity contribution in [3.8, 4) is 0 Å². The van der Waals surface area contributed by atoms with E-state index in [-0.39, 0.29) is 0 Å². The summed E-state index contributed by atoms with van der Waals surface area (Å²) in [5, 5.41) is 2.49. The quantitative estimate of drug-likeness (QED) is 0.449. The van der Waals surface area contributed by atoms with Crippen LogP contribution in [0.25, 0.3) is 0 Å². The number of nitrogens with one attached hydrogen (secondary N) is 1. The molecule has 0 fully saturated rings. The maximum atomic E-state index is 11.1. The molecule has 0 atom stereocenters. The lowest BCUT2D eigenvalue weighted by atomic mass is 10.2. The second kappa shape index (κ2) is 8.91. The van der Waals surface area contributed by atoms with Crippen molar-refractivity contribution >= 4 is 40.7 Å². The fourth-order valence-corrected chi connectivity index (χ4v) is 1.13. The molecule has 5 heteroatoms. The summed E-state index contributed by atoms with van der Waals surface area (Å²) in [6.07, 6.45) is 11.1. The molecule has 0 aliphatic heterocycles. The maximum absolute atomic E-state index is 11.1. The summed E-state index contributed by atoms with van der Waals surface area (Å²) in [6, 6.07) is 0. The number of carbonyl (C=O) groups is 1. The van der Waals surface area contributed by atoms with Crippen molar-refractivity contribution in [3.63, 3.8) is 0 Å². The average molecular weight is 285 g/mol. The Balaban J connectivity index is 3.55. The number of hydrogen-bond donors (Lipinski definition) is 1. The summed E-state index contributed by atoms with van der Waals surface area (Å²) in [5.74, 6) is -0.604. The Bertz CT molecular complexity index is 256. The smallest absolute Gasteiger partial charge is 0.272 e. The summed E-state index contributed by atoms with van der Waals surface area (Å²) in [4.78, 5) is 11.1. The van der Waals surface area contributed by atoms with Gasteiger partial charge in [-0.25, -0.2) is 0 Å². The number of amides is 1. The van der Waals surface area contributed by atoms with Gasteiger partial charge in [-0.3, -0.25) is 4.79 Å². The van der Waals surface area contributed by atoms with E-state index >= 15 is 0 Å². The van der Waals surface area contributed by atoms with Crippen molar-refractivity contribution in [1.29, 1.82) is 0 Å². The third-order valence-corrected chi connectivity index (χ3v) is 2.22. The standard InChI is InChI=1S/C11H16Cl3NO/c1-2-3-4-5-6-7-8-9-15-10(16)11(12,13)14/h3-4,7-8H,2,5-6,9H2,1H3,(H,15,16)/b4-3-,8-7+. The molecule has 0 aliphatic carbocycles. The monoisotopic (exact) mass is 283 g/mol. The van der Waals surface area contributed by atoms with Gasteiger partial charge >= 0.3 is 0 Å². The predicted octanol–water partition coefficient (Wildman–Crippen LogP) is 3.78. The number of carbonyl (C=O) groups excluding carboxylic acids is 1. The summed E-state index contributed by atoms with van der Waals surface area (Å²) < 4.78 is -1.88. The predicted molar refractivity (Wildman–Crippen MR) is 71.1 cm³/mol. The van der Waals surface area contributed by atoms with Gasteiger partial charge in [-0.1, -0.05) is 66.0 Å². The summed E-state index contributed by atoms with van der Waals surface area (Å²) in [5.41, 5.74) is 0. The molecule has 0 aromatic rings. The third kappa shape index (κ3) is 9.08. The molecule has 0 unspecified atom stereocenters. The first-order valence-electron chi connectivity index (χ1n) is 5.13. The Morgan fingerprint density at radius 2 is 1.69 bits per heavy atom. The number of rotatable bonds is 6. The highest BCUT2D eigenvalue weighted by Gasteiger charge is 2.29. The van der Waals surface area contributed by atoms with Crippen LogP contribution in [0.4, 0.5) is 0 Å². The zero-order valence-electron chi connectivity index (χ0n) is 9.18. The van der Waals surface area contributed by atoms with Crippen molar-refractivity contribution in [2.75, 3.05) is 6.54 Å². The number of unbranched alkanes of at least 4 members (excludes halogenated alkanes) is 1. The van der Waals surface area contributed by atoms with Gasteiger partial charge in [0.2, 0.25) is 0 Å². The molecule has 16 heavy (non-hydrogen) atoms. The number of hydrogen-bond acceptors (Lipinski definition) is 1. The van der Waals surface area contributed by atoms with E-state index in [4.69, 9.17) is 34.8 Å². The molecule has 92 valence electrons. The van der Waals surface area contributed by atoms with Gasteiger partial charge in [0.1, 0.15) is 0 Å². The van der Waals surface area contributed by atoms with Gasteiger partial charge in [0, 0.05) is 6.54 Å². The molecule has 0 radical (unpaired) electrons. The molecule has 0 aromatic carbocycles. The van der Waals surface area contributed by atoms with Crippen LogP contribution in [-0.4, -0.2) is 16.2 Å². The van der Waals surface area contributed by atoms with Crippen LogP contribution in [-0.2, 0) is 4.79 Å². The van der Waals surface area contributed by atoms with E-state index < -0.39 is 9.70 Å². The Morgan fingerprint density at radius 3 is 2.19 bits per heavy atom. The highest BCUT2D eigenvalue weighted by molar-refractivity contribution is 6.76. The SMILES string of the molecule is CC/C=C\CC/C=C/CNC(=O)C(Cl)(Cl)Cl. The molecule has 1 N–H and O–H groups in total. The van der Waals surface area contributed by atoms with Gasteiger partial charge in [-0.2, -0.15) is 0 Å². The van der Waals surface area contributed by atoms with Crippen molar-refractivity contribution in [3.05, 3.63) is 24.3 Å². The van der Waals surface area contributed by atoms with Crippen molar-refractivity contribution in [2.24, 2.45) is 0 Å². The molecule has 0 aliphatic rings. The van der Waals surface area contributed by atoms with Gasteiger partial charge in [0.15, 0.2) is 0 Å². The van der Waals surface area contributed by atoms with Gasteiger partial charge in [0.05, 0.1) is 0 Å². The maximum Gasteiger partial charge on any atom is 0.272 e. The van der Waals surface area contributed by atoms with Gasteiger partial charge < -0.3 is 5.32 Å². The molecule has 0 rings (SSSR count). The van der Waals surface area contributed by atoms with E-state index in [0.29, 0.717) is 6.54 Å². The lowest BCUT2D eigenvalue weighted by Crippen LogP contribution is -2.34. The van der Waals surface area contributed by atoms with Crippen LogP contribution in [0, 0.1) is 0 Å². The lowest BCUT2D eigenvalue weighted by Gasteiger charge is -2.09. The number of halogens is 3. The second-order valence-electron chi connectivity index (χ2n) is 3.14. The molecule has 0 saturated heterocycles. The Morgan fingerprint density at radius 1 is 1.12 bits per heavy atom. The highest BCUT2D eigenvalue weighted by atomic mass is 35.6. The van der Waals surface area contributed by atoms with E-state index in [0.717, 1.165) is 19.3 Å². The van der Waals surface area contributed by atoms with Crippen LogP contribution in [0.15, 0.2) is 24.3 Å². The topological polar surface area (TPSA) is 29.1 Å². The lowest BCUT2D eigenvalue weighted by molar-refractivity contribution is -0.120. The van der Waals surface area contributed by atoms with Crippen molar-refractivity contribution in [2.45, 2.75) is 30.0 Å². The van der Waals surface area contributed by atoms with Gasteiger partial charge in [0.25, 0.3) is 9.70 Å². The summed E-state index contributed by atoms with van der Waals surface area (Å²) in [7, 11) is 0. The second-order valence-corrected chi connectivity index (χ2v) is 5.42. The molecule has 0 bridgehead atoms. The molecule has 0 spiro atoms. The largest absolute Gasteiger partial charge is 0.349 e. The molecular weight excluding hydrogens is 268 g/mol. The van der Waals surface area contributed by atoms with E-state index in [9.17, 15) is 4.79 Å².